The van der Waals surface area contributed by atoms with Crippen LogP contribution in [0.5, 0.6) is 5.88 Å². The van der Waals surface area contributed by atoms with Crippen molar-refractivity contribution in [3.8, 4) is 5.88 Å². The molecule has 0 aliphatic carbocycles. The van der Waals surface area contributed by atoms with Gasteiger partial charge in [0.05, 0.1) is 0 Å². The van der Waals surface area contributed by atoms with E-state index >= 15 is 0 Å². The summed E-state index contributed by atoms with van der Waals surface area (Å²) < 4.78 is 42.0. The van der Waals surface area contributed by atoms with E-state index in [1.165, 1.54) is 6.20 Å². The lowest BCUT2D eigenvalue weighted by Gasteiger charge is -2.17. The molecular weight excluding hydrogens is 411 g/mol. The number of amides is 1. The number of nitrogens with zero attached hydrogens (tertiary/aromatic N) is 3. The molecule has 3 rings (SSSR count). The van der Waals surface area contributed by atoms with E-state index in [0.29, 0.717) is 24.5 Å². The van der Waals surface area contributed by atoms with Crippen LogP contribution in [0.25, 0.3) is 0 Å². The molecule has 1 aromatic heterocycles. The number of rotatable bonds is 7. The number of hydrogen-bond acceptors (Lipinski definition) is 4. The van der Waals surface area contributed by atoms with Crippen LogP contribution in [-0.4, -0.2) is 43.2 Å². The number of nitrogens with one attached hydrogen (secondary N) is 2. The first-order valence-electron chi connectivity index (χ1n) is 9.83. The maximum absolute atomic E-state index is 12.4. The van der Waals surface area contributed by atoms with Gasteiger partial charge in [0.1, 0.15) is 0 Å². The molecule has 1 aromatic carbocycles. The van der Waals surface area contributed by atoms with Gasteiger partial charge < -0.3 is 20.3 Å². The van der Waals surface area contributed by atoms with Crippen LogP contribution in [-0.2, 0) is 17.9 Å². The van der Waals surface area contributed by atoms with Gasteiger partial charge in [0.25, 0.3) is 0 Å². The van der Waals surface area contributed by atoms with Crippen molar-refractivity contribution in [1.29, 1.82) is 0 Å². The zero-order valence-corrected chi connectivity index (χ0v) is 17.1. The summed E-state index contributed by atoms with van der Waals surface area (Å²) in [6, 6.07) is 11.0. The quantitative estimate of drug-likeness (QED) is 0.516. The van der Waals surface area contributed by atoms with Crippen LogP contribution < -0.4 is 20.3 Å². The molecule has 0 spiro atoms. The summed E-state index contributed by atoms with van der Waals surface area (Å²) in [6.07, 6.45) is -1.59. The minimum atomic E-state index is -4.43. The third-order valence-corrected chi connectivity index (χ3v) is 4.67. The smallest absolute Gasteiger partial charge is 0.422 e. The van der Waals surface area contributed by atoms with Crippen molar-refractivity contribution in [2.45, 2.75) is 32.1 Å². The molecule has 0 radical (unpaired) electrons. The Morgan fingerprint density at radius 1 is 1.19 bits per heavy atom. The third kappa shape index (κ3) is 6.59. The fraction of sp³-hybridized carbons (Fsp3) is 0.381. The standard InChI is InChI=1S/C21H24F3N5O2/c1-25-20(28-13-16-4-2-10-26-19(16)31-14-21(22,23)24)27-12-15-6-8-17(9-7-15)29-11-3-5-18(29)30/h2,4,6-10H,3,5,11-14H2,1H3,(H2,25,27,28). The highest BCUT2D eigenvalue weighted by Crippen LogP contribution is 2.22. The molecule has 2 N–H and O–H groups in total. The molecule has 2 aromatic rings. The molecule has 1 fully saturated rings. The van der Waals surface area contributed by atoms with Crippen molar-refractivity contribution < 1.29 is 22.7 Å². The summed E-state index contributed by atoms with van der Waals surface area (Å²) >= 11 is 0. The Balaban J connectivity index is 1.52. The van der Waals surface area contributed by atoms with Gasteiger partial charge >= 0.3 is 6.18 Å². The van der Waals surface area contributed by atoms with Crippen molar-refractivity contribution in [3.63, 3.8) is 0 Å². The molecule has 1 aliphatic heterocycles. The fourth-order valence-corrected chi connectivity index (χ4v) is 3.14. The van der Waals surface area contributed by atoms with Crippen LogP contribution in [0.15, 0.2) is 47.6 Å². The minimum absolute atomic E-state index is 0.0742. The Morgan fingerprint density at radius 2 is 1.94 bits per heavy atom. The lowest BCUT2D eigenvalue weighted by molar-refractivity contribution is -0.154. The molecule has 0 saturated carbocycles. The maximum Gasteiger partial charge on any atom is 0.422 e. The van der Waals surface area contributed by atoms with E-state index in [1.807, 2.05) is 24.3 Å². The summed E-state index contributed by atoms with van der Waals surface area (Å²) in [6.45, 7) is 0.0219. The SMILES string of the molecule is CN=C(NCc1ccc(N2CCCC2=O)cc1)NCc1cccnc1OCC(F)(F)F. The van der Waals surface area contributed by atoms with Gasteiger partial charge in [0.15, 0.2) is 12.6 Å². The number of alkyl halides is 3. The topological polar surface area (TPSA) is 78.9 Å². The van der Waals surface area contributed by atoms with Gasteiger partial charge in [-0.25, -0.2) is 4.98 Å². The predicted octanol–water partition coefficient (Wildman–Crippen LogP) is 3.01. The summed E-state index contributed by atoms with van der Waals surface area (Å²) in [4.78, 5) is 21.6. The number of benzene rings is 1. The molecule has 1 amide bonds. The number of hydrogen-bond donors (Lipinski definition) is 2. The maximum atomic E-state index is 12.4. The minimum Gasteiger partial charge on any atom is -0.468 e. The first kappa shape index (κ1) is 22.4. The Bertz CT molecular complexity index is 916. The van der Waals surface area contributed by atoms with Crippen LogP contribution in [0.4, 0.5) is 18.9 Å². The van der Waals surface area contributed by atoms with E-state index in [-0.39, 0.29) is 18.3 Å². The van der Waals surface area contributed by atoms with E-state index in [4.69, 9.17) is 4.74 Å². The molecule has 166 valence electrons. The summed E-state index contributed by atoms with van der Waals surface area (Å²) in [7, 11) is 1.60. The average molecular weight is 435 g/mol. The zero-order valence-electron chi connectivity index (χ0n) is 17.1. The van der Waals surface area contributed by atoms with Crippen LogP contribution in [0.1, 0.15) is 24.0 Å². The highest BCUT2D eigenvalue weighted by Gasteiger charge is 2.29. The Labute approximate surface area is 178 Å². The molecule has 0 bridgehead atoms. The van der Waals surface area contributed by atoms with Gasteiger partial charge in [-0.1, -0.05) is 18.2 Å². The summed E-state index contributed by atoms with van der Waals surface area (Å²) in [5.74, 6) is 0.545. The lowest BCUT2D eigenvalue weighted by atomic mass is 10.2. The number of aliphatic imine (C=N–C) groups is 1. The molecule has 1 saturated heterocycles. The van der Waals surface area contributed by atoms with Gasteiger partial charge in [-0.3, -0.25) is 9.79 Å². The van der Waals surface area contributed by atoms with Crippen LogP contribution in [0.3, 0.4) is 0 Å². The predicted molar refractivity (Wildman–Crippen MR) is 111 cm³/mol. The highest BCUT2D eigenvalue weighted by atomic mass is 19.4. The van der Waals surface area contributed by atoms with E-state index in [2.05, 4.69) is 20.6 Å². The van der Waals surface area contributed by atoms with E-state index < -0.39 is 12.8 Å². The molecule has 0 unspecified atom stereocenters. The van der Waals surface area contributed by atoms with Crippen LogP contribution in [0, 0.1) is 0 Å². The first-order valence-corrected chi connectivity index (χ1v) is 9.83. The van der Waals surface area contributed by atoms with E-state index in [9.17, 15) is 18.0 Å². The number of ether oxygens (including phenoxy) is 1. The summed E-state index contributed by atoms with van der Waals surface area (Å²) in [5, 5.41) is 6.19. The van der Waals surface area contributed by atoms with Crippen LogP contribution in [0.2, 0.25) is 0 Å². The Hall–Kier alpha value is -3.30. The molecule has 1 aliphatic rings. The van der Waals surface area contributed by atoms with Gasteiger partial charge in [-0.2, -0.15) is 13.2 Å². The molecule has 0 atom stereocenters. The third-order valence-electron chi connectivity index (χ3n) is 4.67. The first-order chi connectivity index (χ1) is 14.9. The second-order valence-corrected chi connectivity index (χ2v) is 6.97. The number of anilines is 1. The van der Waals surface area contributed by atoms with Gasteiger partial charge in [0, 0.05) is 50.6 Å². The van der Waals surface area contributed by atoms with Crippen molar-refractivity contribution in [1.82, 2.24) is 15.6 Å². The van der Waals surface area contributed by atoms with Gasteiger partial charge in [-0.15, -0.1) is 0 Å². The number of carbonyl (C=O) groups is 1. The molecule has 10 heteroatoms. The Kier molecular flexibility index (Phi) is 7.32. The molecule has 31 heavy (non-hydrogen) atoms. The molecule has 2 heterocycles. The van der Waals surface area contributed by atoms with Crippen molar-refractivity contribution in [2.24, 2.45) is 4.99 Å². The fourth-order valence-electron chi connectivity index (χ4n) is 3.14. The number of pyridine rings is 1. The van der Waals surface area contributed by atoms with Crippen LogP contribution >= 0.6 is 0 Å². The number of halogens is 3. The lowest BCUT2D eigenvalue weighted by Crippen LogP contribution is -2.36. The summed E-state index contributed by atoms with van der Waals surface area (Å²) in [5.41, 5.74) is 2.36. The second kappa shape index (κ2) is 10.1. The average Bonchev–Trinajstić information content (AvgIpc) is 3.18. The zero-order chi connectivity index (χ0) is 22.3. The normalized spacial score (nSPS) is 14.6. The largest absolute Gasteiger partial charge is 0.468 e. The number of guanidine groups is 1. The van der Waals surface area contributed by atoms with Gasteiger partial charge in [-0.05, 0) is 30.2 Å². The highest BCUT2D eigenvalue weighted by molar-refractivity contribution is 5.95. The van der Waals surface area contributed by atoms with Gasteiger partial charge in [0.2, 0.25) is 11.8 Å². The van der Waals surface area contributed by atoms with E-state index in [1.54, 1.807) is 24.1 Å². The monoisotopic (exact) mass is 435 g/mol. The molecular formula is C21H24F3N5O2. The van der Waals surface area contributed by atoms with Crippen molar-refractivity contribution >= 4 is 17.6 Å². The second-order valence-electron chi connectivity index (χ2n) is 6.97. The van der Waals surface area contributed by atoms with E-state index in [0.717, 1.165) is 24.2 Å². The Morgan fingerprint density at radius 3 is 2.58 bits per heavy atom. The van der Waals surface area contributed by atoms with Crippen molar-refractivity contribution in [2.75, 3.05) is 25.1 Å². The number of aromatic nitrogens is 1. The van der Waals surface area contributed by atoms with Crippen molar-refractivity contribution in [3.05, 3.63) is 53.7 Å². The molecule has 7 nitrogen and oxygen atoms in total. The number of carbonyl (C=O) groups excluding carboxylic acids is 1.